The minimum atomic E-state index is 0.380. The van der Waals surface area contributed by atoms with Gasteiger partial charge in [0.25, 0.3) is 0 Å². The van der Waals surface area contributed by atoms with Gasteiger partial charge in [-0.2, -0.15) is 0 Å². The zero-order valence-corrected chi connectivity index (χ0v) is 4.96. The van der Waals surface area contributed by atoms with Crippen molar-refractivity contribution in [2.45, 2.75) is 6.42 Å². The van der Waals surface area contributed by atoms with Crippen molar-refractivity contribution in [1.82, 2.24) is 0 Å². The lowest BCUT2D eigenvalue weighted by molar-refractivity contribution is -0.0468. The number of fused-ring (bicyclic) bond motifs is 2. The highest BCUT2D eigenvalue weighted by atomic mass is 16.7. The van der Waals surface area contributed by atoms with Crippen LogP contribution in [0.3, 0.4) is 0 Å². The summed E-state index contributed by atoms with van der Waals surface area (Å²) in [6, 6.07) is 0. The highest BCUT2D eigenvalue weighted by Crippen LogP contribution is 2.26. The quantitative estimate of drug-likeness (QED) is 0.484. The van der Waals surface area contributed by atoms with Crippen LogP contribution in [0.1, 0.15) is 6.42 Å². The van der Waals surface area contributed by atoms with E-state index in [-0.39, 0.29) is 0 Å². The van der Waals surface area contributed by atoms with Crippen molar-refractivity contribution in [1.29, 1.82) is 0 Å². The lowest BCUT2D eigenvalue weighted by Gasteiger charge is -2.24. The Labute approximate surface area is 53.8 Å². The summed E-state index contributed by atoms with van der Waals surface area (Å²) in [4.78, 5) is 0. The first-order valence-electron chi connectivity index (χ1n) is 2.94. The van der Waals surface area contributed by atoms with Crippen molar-refractivity contribution in [3.05, 3.63) is 30.1 Å². The Morgan fingerprint density at radius 3 is 3.11 bits per heavy atom. The van der Waals surface area contributed by atoms with Crippen LogP contribution in [0.4, 0.5) is 0 Å². The van der Waals surface area contributed by atoms with E-state index < -0.39 is 0 Å². The SMILES string of the molecule is C1=C[C]2CC(=C1)OCO2. The average molecular weight is 123 g/mol. The smallest absolute Gasteiger partial charge is 0.189 e. The molecule has 2 heteroatoms. The highest BCUT2D eigenvalue weighted by Gasteiger charge is 2.18. The summed E-state index contributed by atoms with van der Waals surface area (Å²) in [6.45, 7) is 0.380. The summed E-state index contributed by atoms with van der Waals surface area (Å²) in [6.07, 6.45) is 7.71. The average Bonchev–Trinajstić information content (AvgIpc) is 1.88. The van der Waals surface area contributed by atoms with Gasteiger partial charge in [0.15, 0.2) is 6.79 Å². The molecule has 0 spiro atoms. The third kappa shape index (κ3) is 0.856. The molecule has 1 aliphatic heterocycles. The molecule has 47 valence electrons. The van der Waals surface area contributed by atoms with Gasteiger partial charge in [-0.25, -0.2) is 0 Å². The van der Waals surface area contributed by atoms with Gasteiger partial charge in [-0.15, -0.1) is 0 Å². The van der Waals surface area contributed by atoms with E-state index in [9.17, 15) is 0 Å². The van der Waals surface area contributed by atoms with Crippen molar-refractivity contribution in [3.8, 4) is 0 Å². The molecule has 2 bridgehead atoms. The van der Waals surface area contributed by atoms with Crippen LogP contribution in [0.5, 0.6) is 0 Å². The van der Waals surface area contributed by atoms with E-state index in [0.717, 1.165) is 18.3 Å². The van der Waals surface area contributed by atoms with Gasteiger partial charge in [0, 0.05) is 6.42 Å². The standard InChI is InChI=1S/C7H7O2/c1-2-6-4-7(3-1)9-5-8-6/h1-3H,4-5H2. The lowest BCUT2D eigenvalue weighted by Crippen LogP contribution is -2.15. The number of allylic oxidation sites excluding steroid dienone is 2. The maximum absolute atomic E-state index is 5.12. The molecule has 0 atom stereocenters. The summed E-state index contributed by atoms with van der Waals surface area (Å²) in [5, 5.41) is 0. The van der Waals surface area contributed by atoms with E-state index in [0.29, 0.717) is 6.79 Å². The van der Waals surface area contributed by atoms with Crippen LogP contribution >= 0.6 is 0 Å². The first kappa shape index (κ1) is 5.06. The Morgan fingerprint density at radius 2 is 2.33 bits per heavy atom. The van der Waals surface area contributed by atoms with E-state index in [1.54, 1.807) is 0 Å². The van der Waals surface area contributed by atoms with Gasteiger partial charge in [-0.1, -0.05) is 6.08 Å². The van der Waals surface area contributed by atoms with Crippen LogP contribution in [0.15, 0.2) is 24.0 Å². The first-order chi connectivity index (χ1) is 4.45. The van der Waals surface area contributed by atoms with E-state index in [1.165, 1.54) is 0 Å². The largest absolute Gasteiger partial charge is 0.472 e. The topological polar surface area (TPSA) is 18.5 Å². The fourth-order valence-electron chi connectivity index (χ4n) is 0.931. The third-order valence-corrected chi connectivity index (χ3v) is 1.40. The van der Waals surface area contributed by atoms with Crippen LogP contribution in [0, 0.1) is 6.10 Å². The Bertz CT molecular complexity index is 170. The Hall–Kier alpha value is -0.760. The van der Waals surface area contributed by atoms with Crippen molar-refractivity contribution in [2.24, 2.45) is 0 Å². The normalized spacial score (nSPS) is 25.1. The molecule has 1 fully saturated rings. The molecule has 9 heavy (non-hydrogen) atoms. The summed E-state index contributed by atoms with van der Waals surface area (Å²) >= 11 is 0. The molecule has 1 heterocycles. The Balaban J connectivity index is 2.22. The number of rotatable bonds is 0. The molecule has 1 saturated heterocycles. The van der Waals surface area contributed by atoms with Crippen molar-refractivity contribution in [2.75, 3.05) is 6.79 Å². The lowest BCUT2D eigenvalue weighted by atomic mass is 10.1. The van der Waals surface area contributed by atoms with Crippen LogP contribution in [0.25, 0.3) is 0 Å². The number of hydrogen-bond acceptors (Lipinski definition) is 2. The van der Waals surface area contributed by atoms with Gasteiger partial charge in [0.2, 0.25) is 0 Å². The fourth-order valence-corrected chi connectivity index (χ4v) is 0.931. The van der Waals surface area contributed by atoms with Crippen molar-refractivity contribution < 1.29 is 9.47 Å². The first-order valence-corrected chi connectivity index (χ1v) is 2.94. The molecule has 1 aliphatic carbocycles. The maximum Gasteiger partial charge on any atom is 0.189 e. The molecular formula is C7H7O2. The highest BCUT2D eigenvalue weighted by molar-refractivity contribution is 5.24. The molecule has 0 aromatic rings. The molecule has 0 aromatic heterocycles. The molecule has 0 unspecified atom stereocenters. The maximum atomic E-state index is 5.12. The monoisotopic (exact) mass is 123 g/mol. The summed E-state index contributed by atoms with van der Waals surface area (Å²) in [5.74, 6) is 1.01. The molecule has 0 saturated carbocycles. The summed E-state index contributed by atoms with van der Waals surface area (Å²) in [5.41, 5.74) is 0. The molecular weight excluding hydrogens is 116 g/mol. The minimum absolute atomic E-state index is 0.380. The van der Waals surface area contributed by atoms with Gasteiger partial charge < -0.3 is 9.47 Å². The third-order valence-electron chi connectivity index (χ3n) is 1.40. The van der Waals surface area contributed by atoms with Gasteiger partial charge in [0.05, 0.1) is 0 Å². The van der Waals surface area contributed by atoms with Gasteiger partial charge >= 0.3 is 0 Å². The summed E-state index contributed by atoms with van der Waals surface area (Å²) in [7, 11) is 0. The van der Waals surface area contributed by atoms with Gasteiger partial charge in [-0.05, 0) is 12.2 Å². The zero-order chi connectivity index (χ0) is 6.10. The predicted molar refractivity (Wildman–Crippen MR) is 32.1 cm³/mol. The molecule has 2 aliphatic rings. The molecule has 0 N–H and O–H groups in total. The molecule has 2 rings (SSSR count). The molecule has 0 aromatic carbocycles. The van der Waals surface area contributed by atoms with Gasteiger partial charge in [0.1, 0.15) is 11.9 Å². The minimum Gasteiger partial charge on any atom is -0.472 e. The van der Waals surface area contributed by atoms with E-state index in [2.05, 4.69) is 0 Å². The second kappa shape index (κ2) is 1.88. The van der Waals surface area contributed by atoms with Gasteiger partial charge in [-0.3, -0.25) is 0 Å². The molecule has 0 amide bonds. The van der Waals surface area contributed by atoms with Crippen LogP contribution < -0.4 is 0 Å². The van der Waals surface area contributed by atoms with Crippen LogP contribution in [-0.2, 0) is 9.47 Å². The second-order valence-corrected chi connectivity index (χ2v) is 2.04. The molecule has 1 radical (unpaired) electrons. The van der Waals surface area contributed by atoms with Crippen molar-refractivity contribution >= 4 is 0 Å². The summed E-state index contributed by atoms with van der Waals surface area (Å²) < 4.78 is 10.2. The number of hydrogen-bond donors (Lipinski definition) is 0. The Morgan fingerprint density at radius 1 is 1.33 bits per heavy atom. The molecule has 2 nitrogen and oxygen atoms in total. The zero-order valence-electron chi connectivity index (χ0n) is 4.96. The predicted octanol–water partition coefficient (Wildman–Crippen LogP) is 1.37. The number of ether oxygens (including phenoxy) is 2. The van der Waals surface area contributed by atoms with Crippen molar-refractivity contribution in [3.63, 3.8) is 0 Å². The van der Waals surface area contributed by atoms with Crippen LogP contribution in [0.2, 0.25) is 0 Å². The van der Waals surface area contributed by atoms with E-state index >= 15 is 0 Å². The van der Waals surface area contributed by atoms with Crippen LogP contribution in [-0.4, -0.2) is 6.79 Å². The fraction of sp³-hybridized carbons (Fsp3) is 0.286. The Kier molecular flexibility index (Phi) is 1.06. The van der Waals surface area contributed by atoms with E-state index in [4.69, 9.17) is 9.47 Å². The second-order valence-electron chi connectivity index (χ2n) is 2.04. The van der Waals surface area contributed by atoms with E-state index in [1.807, 2.05) is 18.2 Å².